The van der Waals surface area contributed by atoms with Gasteiger partial charge in [-0.3, -0.25) is 9.88 Å². The molecule has 2 heterocycles. The van der Waals surface area contributed by atoms with Gasteiger partial charge in [0.2, 0.25) is 0 Å². The van der Waals surface area contributed by atoms with Gasteiger partial charge < -0.3 is 5.32 Å². The van der Waals surface area contributed by atoms with Crippen LogP contribution in [0.1, 0.15) is 25.3 Å². The van der Waals surface area contributed by atoms with Gasteiger partial charge in [-0.1, -0.05) is 6.92 Å². The predicted molar refractivity (Wildman–Crippen MR) is 66.2 cm³/mol. The molecule has 0 aliphatic carbocycles. The highest BCUT2D eigenvalue weighted by atomic mass is 15.2. The van der Waals surface area contributed by atoms with Crippen LogP contribution in [0.25, 0.3) is 0 Å². The van der Waals surface area contributed by atoms with E-state index < -0.39 is 0 Å². The van der Waals surface area contributed by atoms with Crippen molar-refractivity contribution in [3.8, 4) is 0 Å². The van der Waals surface area contributed by atoms with E-state index in [1.807, 2.05) is 12.4 Å². The van der Waals surface area contributed by atoms with E-state index in [1.165, 1.54) is 31.5 Å². The van der Waals surface area contributed by atoms with E-state index in [9.17, 15) is 0 Å². The number of hydrogen-bond donors (Lipinski definition) is 1. The number of pyridine rings is 1. The predicted octanol–water partition coefficient (Wildman–Crippen LogP) is 1.66. The Hall–Kier alpha value is -0.930. The summed E-state index contributed by atoms with van der Waals surface area (Å²) in [6.45, 7) is 6.77. The van der Waals surface area contributed by atoms with E-state index >= 15 is 0 Å². The average Bonchev–Trinajstić information content (AvgIpc) is 2.78. The van der Waals surface area contributed by atoms with Crippen molar-refractivity contribution >= 4 is 0 Å². The first-order valence-corrected chi connectivity index (χ1v) is 6.24. The minimum Gasteiger partial charge on any atom is -0.311 e. The molecule has 0 bridgehead atoms. The molecule has 1 aliphatic heterocycles. The summed E-state index contributed by atoms with van der Waals surface area (Å²) in [6.07, 6.45) is 6.41. The lowest BCUT2D eigenvalue weighted by atomic mass is 10.2. The maximum atomic E-state index is 4.02. The number of nitrogens with zero attached hydrogens (tertiary/aromatic N) is 2. The molecule has 3 heteroatoms. The lowest BCUT2D eigenvalue weighted by Gasteiger charge is -2.22. The minimum atomic E-state index is 0.742. The summed E-state index contributed by atoms with van der Waals surface area (Å²) >= 11 is 0. The fraction of sp³-hybridized carbons (Fsp3) is 0.615. The molecule has 1 aromatic rings. The Morgan fingerprint density at radius 3 is 3.00 bits per heavy atom. The normalized spacial score (nSPS) is 21.4. The Morgan fingerprint density at radius 1 is 1.44 bits per heavy atom. The maximum absolute atomic E-state index is 4.02. The molecule has 3 nitrogen and oxygen atoms in total. The molecule has 0 aromatic carbocycles. The molecule has 1 saturated heterocycles. The van der Waals surface area contributed by atoms with Crippen molar-refractivity contribution in [2.75, 3.05) is 19.6 Å². The third-order valence-electron chi connectivity index (χ3n) is 3.36. The van der Waals surface area contributed by atoms with Gasteiger partial charge in [0, 0.05) is 31.5 Å². The SMILES string of the molecule is CCN1CCC[C@@H]1CNCc1ccncc1. The van der Waals surface area contributed by atoms with E-state index in [0.29, 0.717) is 0 Å². The molecule has 1 N–H and O–H groups in total. The van der Waals surface area contributed by atoms with Crippen LogP contribution >= 0.6 is 0 Å². The van der Waals surface area contributed by atoms with Gasteiger partial charge in [0.05, 0.1) is 0 Å². The van der Waals surface area contributed by atoms with Crippen molar-refractivity contribution in [1.29, 1.82) is 0 Å². The second-order valence-corrected chi connectivity index (χ2v) is 4.41. The van der Waals surface area contributed by atoms with Crippen LogP contribution in [0, 0.1) is 0 Å². The van der Waals surface area contributed by atoms with E-state index in [4.69, 9.17) is 0 Å². The highest BCUT2D eigenvalue weighted by Crippen LogP contribution is 2.15. The van der Waals surface area contributed by atoms with Gasteiger partial charge in [0.25, 0.3) is 0 Å². The van der Waals surface area contributed by atoms with E-state index in [2.05, 4.69) is 34.3 Å². The fourth-order valence-electron chi connectivity index (χ4n) is 2.43. The zero-order chi connectivity index (χ0) is 11.2. The second kappa shape index (κ2) is 5.97. The molecule has 2 rings (SSSR count). The number of nitrogens with one attached hydrogen (secondary N) is 1. The molecule has 1 atom stereocenters. The van der Waals surface area contributed by atoms with Crippen LogP contribution in [0.3, 0.4) is 0 Å². The summed E-state index contributed by atoms with van der Waals surface area (Å²) in [5.41, 5.74) is 1.32. The molecule has 1 aliphatic rings. The van der Waals surface area contributed by atoms with Crippen molar-refractivity contribution in [2.45, 2.75) is 32.4 Å². The molecule has 1 fully saturated rings. The first kappa shape index (κ1) is 11.6. The first-order valence-electron chi connectivity index (χ1n) is 6.24. The number of likely N-dealkylation sites (N-methyl/N-ethyl adjacent to an activating group) is 1. The van der Waals surface area contributed by atoms with Crippen molar-refractivity contribution in [3.05, 3.63) is 30.1 Å². The van der Waals surface area contributed by atoms with Gasteiger partial charge in [-0.05, 0) is 43.6 Å². The topological polar surface area (TPSA) is 28.2 Å². The monoisotopic (exact) mass is 219 g/mol. The molecule has 0 spiro atoms. The van der Waals surface area contributed by atoms with Crippen LogP contribution in [-0.2, 0) is 6.54 Å². The largest absolute Gasteiger partial charge is 0.311 e. The summed E-state index contributed by atoms with van der Waals surface area (Å²) in [5.74, 6) is 0. The van der Waals surface area contributed by atoms with Crippen LogP contribution in [0.2, 0.25) is 0 Å². The van der Waals surface area contributed by atoms with Gasteiger partial charge >= 0.3 is 0 Å². The summed E-state index contributed by atoms with van der Waals surface area (Å²) in [6, 6.07) is 4.88. The van der Waals surface area contributed by atoms with Crippen molar-refractivity contribution in [1.82, 2.24) is 15.2 Å². The summed E-state index contributed by atoms with van der Waals surface area (Å²) < 4.78 is 0. The van der Waals surface area contributed by atoms with Crippen LogP contribution in [-0.4, -0.2) is 35.6 Å². The molecule has 16 heavy (non-hydrogen) atoms. The lowest BCUT2D eigenvalue weighted by molar-refractivity contribution is 0.260. The Kier molecular flexibility index (Phi) is 4.31. The Labute approximate surface area is 97.9 Å². The molecular weight excluding hydrogens is 198 g/mol. The number of rotatable bonds is 5. The summed E-state index contributed by atoms with van der Waals surface area (Å²) in [7, 11) is 0. The minimum absolute atomic E-state index is 0.742. The van der Waals surface area contributed by atoms with Crippen LogP contribution in [0.15, 0.2) is 24.5 Å². The van der Waals surface area contributed by atoms with Gasteiger partial charge in [0.15, 0.2) is 0 Å². The smallest absolute Gasteiger partial charge is 0.0271 e. The van der Waals surface area contributed by atoms with E-state index in [-0.39, 0.29) is 0 Å². The number of likely N-dealkylation sites (tertiary alicyclic amines) is 1. The maximum Gasteiger partial charge on any atom is 0.0271 e. The van der Waals surface area contributed by atoms with Gasteiger partial charge in [0.1, 0.15) is 0 Å². The highest BCUT2D eigenvalue weighted by Gasteiger charge is 2.21. The van der Waals surface area contributed by atoms with E-state index in [0.717, 1.165) is 19.1 Å². The van der Waals surface area contributed by atoms with Gasteiger partial charge in [-0.25, -0.2) is 0 Å². The van der Waals surface area contributed by atoms with Crippen molar-refractivity contribution < 1.29 is 0 Å². The van der Waals surface area contributed by atoms with Crippen LogP contribution < -0.4 is 5.32 Å². The summed E-state index contributed by atoms with van der Waals surface area (Å²) in [5, 5.41) is 3.54. The standard InChI is InChI=1S/C13H21N3/c1-2-16-9-3-4-13(16)11-15-10-12-5-7-14-8-6-12/h5-8,13,15H,2-4,9-11H2,1H3/t13-/m1/s1. The van der Waals surface area contributed by atoms with Gasteiger partial charge in [-0.15, -0.1) is 0 Å². The third-order valence-corrected chi connectivity index (χ3v) is 3.36. The fourth-order valence-corrected chi connectivity index (χ4v) is 2.43. The zero-order valence-corrected chi connectivity index (χ0v) is 10.0. The second-order valence-electron chi connectivity index (χ2n) is 4.41. The molecular formula is C13H21N3. The van der Waals surface area contributed by atoms with Crippen molar-refractivity contribution in [2.24, 2.45) is 0 Å². The van der Waals surface area contributed by atoms with E-state index in [1.54, 1.807) is 0 Å². The zero-order valence-electron chi connectivity index (χ0n) is 10.0. The summed E-state index contributed by atoms with van der Waals surface area (Å²) in [4.78, 5) is 6.59. The van der Waals surface area contributed by atoms with Crippen molar-refractivity contribution in [3.63, 3.8) is 0 Å². The Morgan fingerprint density at radius 2 is 2.25 bits per heavy atom. The molecule has 88 valence electrons. The molecule has 0 saturated carbocycles. The van der Waals surface area contributed by atoms with Gasteiger partial charge in [-0.2, -0.15) is 0 Å². The molecule has 1 aromatic heterocycles. The highest BCUT2D eigenvalue weighted by molar-refractivity contribution is 5.09. The molecule has 0 radical (unpaired) electrons. The third kappa shape index (κ3) is 3.03. The molecule has 0 unspecified atom stereocenters. The van der Waals surface area contributed by atoms with Crippen LogP contribution in [0.4, 0.5) is 0 Å². The quantitative estimate of drug-likeness (QED) is 0.816. The molecule has 0 amide bonds. The lowest BCUT2D eigenvalue weighted by Crippen LogP contribution is -2.37. The average molecular weight is 219 g/mol. The number of hydrogen-bond acceptors (Lipinski definition) is 3. The Bertz CT molecular complexity index is 299. The number of aromatic nitrogens is 1. The first-order chi connectivity index (χ1) is 7.90. The van der Waals surface area contributed by atoms with Crippen LogP contribution in [0.5, 0.6) is 0 Å². The Balaban J connectivity index is 1.72.